The number of carbonyl (C=O) groups is 1. The Kier molecular flexibility index (Phi) is 5.13. The number of aromatic nitrogens is 2. The van der Waals surface area contributed by atoms with Crippen molar-refractivity contribution in [1.82, 2.24) is 20.0 Å². The molecule has 1 aromatic carbocycles. The molecular formula is C20H22N4OS. The zero-order valence-corrected chi connectivity index (χ0v) is 15.4. The van der Waals surface area contributed by atoms with Crippen molar-refractivity contribution >= 4 is 17.2 Å². The summed E-state index contributed by atoms with van der Waals surface area (Å²) in [5.41, 5.74) is 1.53. The number of nitrogens with one attached hydrogen (secondary N) is 1. The third kappa shape index (κ3) is 3.71. The molecule has 1 amide bonds. The van der Waals surface area contributed by atoms with Gasteiger partial charge in [-0.3, -0.25) is 9.69 Å². The summed E-state index contributed by atoms with van der Waals surface area (Å²) < 4.78 is 1.73. The number of rotatable bonds is 6. The Morgan fingerprint density at radius 2 is 1.96 bits per heavy atom. The average Bonchev–Trinajstić information content (AvgIpc) is 3.44. The number of nitrogens with zero attached hydrogens (tertiary/aromatic N) is 3. The van der Waals surface area contributed by atoms with E-state index < -0.39 is 0 Å². The van der Waals surface area contributed by atoms with Crippen molar-refractivity contribution in [3.8, 4) is 5.69 Å². The van der Waals surface area contributed by atoms with E-state index in [0.717, 1.165) is 18.8 Å². The first-order chi connectivity index (χ1) is 12.8. The van der Waals surface area contributed by atoms with Crippen molar-refractivity contribution < 1.29 is 4.79 Å². The van der Waals surface area contributed by atoms with Gasteiger partial charge in [0.15, 0.2) is 0 Å². The van der Waals surface area contributed by atoms with Crippen molar-refractivity contribution in [2.75, 3.05) is 19.6 Å². The van der Waals surface area contributed by atoms with Crippen molar-refractivity contribution in [3.05, 3.63) is 70.7 Å². The van der Waals surface area contributed by atoms with Gasteiger partial charge >= 0.3 is 0 Å². The molecule has 4 rings (SSSR count). The van der Waals surface area contributed by atoms with Crippen LogP contribution in [0.5, 0.6) is 0 Å². The van der Waals surface area contributed by atoms with Crippen LogP contribution in [0, 0.1) is 0 Å². The molecule has 134 valence electrons. The van der Waals surface area contributed by atoms with Crippen LogP contribution in [0.3, 0.4) is 0 Å². The molecule has 1 N–H and O–H groups in total. The van der Waals surface area contributed by atoms with Gasteiger partial charge in [0, 0.05) is 17.6 Å². The fourth-order valence-electron chi connectivity index (χ4n) is 3.40. The van der Waals surface area contributed by atoms with Crippen LogP contribution in [0.15, 0.2) is 60.2 Å². The van der Waals surface area contributed by atoms with Gasteiger partial charge in [0.1, 0.15) is 0 Å². The molecular weight excluding hydrogens is 344 g/mol. The second-order valence-corrected chi connectivity index (χ2v) is 7.47. The minimum atomic E-state index is -0.0760. The van der Waals surface area contributed by atoms with Crippen LogP contribution < -0.4 is 5.32 Å². The first-order valence-corrected chi connectivity index (χ1v) is 9.85. The molecule has 1 aliphatic rings. The highest BCUT2D eigenvalue weighted by atomic mass is 32.1. The summed E-state index contributed by atoms with van der Waals surface area (Å²) in [4.78, 5) is 16.4. The molecule has 1 fully saturated rings. The average molecular weight is 366 g/mol. The van der Waals surface area contributed by atoms with Gasteiger partial charge in [-0.25, -0.2) is 4.68 Å². The monoisotopic (exact) mass is 366 g/mol. The van der Waals surface area contributed by atoms with E-state index in [-0.39, 0.29) is 11.9 Å². The van der Waals surface area contributed by atoms with Crippen LogP contribution in [0.1, 0.15) is 34.1 Å². The third-order valence-corrected chi connectivity index (χ3v) is 5.75. The number of thiophene rings is 1. The van der Waals surface area contributed by atoms with Crippen LogP contribution in [-0.2, 0) is 0 Å². The van der Waals surface area contributed by atoms with Gasteiger partial charge < -0.3 is 5.32 Å². The summed E-state index contributed by atoms with van der Waals surface area (Å²) in [7, 11) is 0. The predicted octanol–water partition coefficient (Wildman–Crippen LogP) is 3.50. The molecule has 0 saturated carbocycles. The highest BCUT2D eigenvalue weighted by molar-refractivity contribution is 7.10. The Hall–Kier alpha value is -2.44. The van der Waals surface area contributed by atoms with Gasteiger partial charge in [0.25, 0.3) is 5.91 Å². The predicted molar refractivity (Wildman–Crippen MR) is 104 cm³/mol. The lowest BCUT2D eigenvalue weighted by Gasteiger charge is -2.26. The van der Waals surface area contributed by atoms with Crippen LogP contribution >= 0.6 is 11.3 Å². The zero-order valence-electron chi connectivity index (χ0n) is 14.5. The van der Waals surface area contributed by atoms with Gasteiger partial charge in [-0.2, -0.15) is 5.10 Å². The van der Waals surface area contributed by atoms with Crippen LogP contribution in [0.2, 0.25) is 0 Å². The third-order valence-electron chi connectivity index (χ3n) is 4.77. The highest BCUT2D eigenvalue weighted by Crippen LogP contribution is 2.27. The molecule has 1 aliphatic heterocycles. The van der Waals surface area contributed by atoms with Gasteiger partial charge in [0.2, 0.25) is 0 Å². The van der Waals surface area contributed by atoms with Gasteiger partial charge in [-0.05, 0) is 49.5 Å². The summed E-state index contributed by atoms with van der Waals surface area (Å²) in [6.45, 7) is 2.82. The smallest absolute Gasteiger partial charge is 0.254 e. The lowest BCUT2D eigenvalue weighted by molar-refractivity contribution is 0.0938. The molecule has 3 aromatic rings. The lowest BCUT2D eigenvalue weighted by Crippen LogP contribution is -2.36. The fraction of sp³-hybridized carbons (Fsp3) is 0.300. The SMILES string of the molecule is O=C(NCC(c1cccs1)N1CCCC1)c1cnn(-c2ccccc2)c1. The van der Waals surface area contributed by atoms with E-state index in [2.05, 4.69) is 32.8 Å². The van der Waals surface area contributed by atoms with Gasteiger partial charge in [-0.15, -0.1) is 11.3 Å². The van der Waals surface area contributed by atoms with E-state index in [4.69, 9.17) is 0 Å². The zero-order chi connectivity index (χ0) is 17.8. The Balaban J connectivity index is 1.43. The number of benzene rings is 1. The second kappa shape index (κ2) is 7.85. The molecule has 2 aromatic heterocycles. The number of amides is 1. The van der Waals surface area contributed by atoms with Gasteiger partial charge in [0.05, 0.1) is 23.5 Å². The standard InChI is InChI=1S/C20H22N4OS/c25-20(16-13-22-24(15-16)17-7-2-1-3-8-17)21-14-18(19-9-6-12-26-19)23-10-4-5-11-23/h1-3,6-9,12-13,15,18H,4-5,10-11,14H2,(H,21,25). The molecule has 26 heavy (non-hydrogen) atoms. The van der Waals surface area contributed by atoms with Crippen molar-refractivity contribution in [2.45, 2.75) is 18.9 Å². The van der Waals surface area contributed by atoms with E-state index in [1.54, 1.807) is 28.4 Å². The maximum absolute atomic E-state index is 12.6. The Bertz CT molecular complexity index is 838. The largest absolute Gasteiger partial charge is 0.350 e. The van der Waals surface area contributed by atoms with Crippen LogP contribution in [0.4, 0.5) is 0 Å². The molecule has 0 radical (unpaired) electrons. The molecule has 1 unspecified atom stereocenters. The maximum atomic E-state index is 12.6. The molecule has 3 heterocycles. The van der Waals surface area contributed by atoms with Crippen LogP contribution in [0.25, 0.3) is 5.69 Å². The van der Waals surface area contributed by atoms with Gasteiger partial charge in [-0.1, -0.05) is 24.3 Å². The normalized spacial score (nSPS) is 15.8. The fourth-order valence-corrected chi connectivity index (χ4v) is 4.26. The maximum Gasteiger partial charge on any atom is 0.254 e. The molecule has 0 spiro atoms. The van der Waals surface area contributed by atoms with E-state index in [9.17, 15) is 4.79 Å². The number of likely N-dealkylation sites (tertiary alicyclic amines) is 1. The van der Waals surface area contributed by atoms with Crippen molar-refractivity contribution in [3.63, 3.8) is 0 Å². The topological polar surface area (TPSA) is 50.2 Å². The number of para-hydroxylation sites is 1. The minimum absolute atomic E-state index is 0.0760. The molecule has 1 saturated heterocycles. The Labute approximate surface area is 157 Å². The van der Waals surface area contributed by atoms with E-state index in [0.29, 0.717) is 12.1 Å². The quantitative estimate of drug-likeness (QED) is 0.726. The summed E-state index contributed by atoms with van der Waals surface area (Å²) in [5, 5.41) is 9.51. The first kappa shape index (κ1) is 17.0. The Morgan fingerprint density at radius 1 is 1.15 bits per heavy atom. The first-order valence-electron chi connectivity index (χ1n) is 8.97. The number of carbonyl (C=O) groups excluding carboxylic acids is 1. The second-order valence-electron chi connectivity index (χ2n) is 6.49. The molecule has 5 nitrogen and oxygen atoms in total. The van der Waals surface area contributed by atoms with E-state index in [1.165, 1.54) is 17.7 Å². The summed E-state index contributed by atoms with van der Waals surface area (Å²) in [6.07, 6.45) is 5.87. The molecule has 0 bridgehead atoms. The molecule has 0 aliphatic carbocycles. The summed E-state index contributed by atoms with van der Waals surface area (Å²) in [5.74, 6) is -0.0760. The Morgan fingerprint density at radius 3 is 2.69 bits per heavy atom. The number of hydrogen-bond donors (Lipinski definition) is 1. The summed E-state index contributed by atoms with van der Waals surface area (Å²) >= 11 is 1.76. The van der Waals surface area contributed by atoms with Crippen molar-refractivity contribution in [2.24, 2.45) is 0 Å². The summed E-state index contributed by atoms with van der Waals surface area (Å²) in [6, 6.07) is 14.3. The lowest BCUT2D eigenvalue weighted by atomic mass is 10.2. The van der Waals surface area contributed by atoms with E-state index >= 15 is 0 Å². The van der Waals surface area contributed by atoms with E-state index in [1.807, 2.05) is 30.3 Å². The minimum Gasteiger partial charge on any atom is -0.350 e. The highest BCUT2D eigenvalue weighted by Gasteiger charge is 2.25. The molecule has 1 atom stereocenters. The van der Waals surface area contributed by atoms with Crippen molar-refractivity contribution in [1.29, 1.82) is 0 Å². The number of hydrogen-bond acceptors (Lipinski definition) is 4. The van der Waals surface area contributed by atoms with Crippen LogP contribution in [-0.4, -0.2) is 40.2 Å². The molecule has 6 heteroatoms.